The van der Waals surface area contributed by atoms with Crippen molar-refractivity contribution in [3.63, 3.8) is 0 Å². The van der Waals surface area contributed by atoms with Gasteiger partial charge in [0, 0.05) is 18.3 Å². The molecule has 0 amide bonds. The zero-order valence-corrected chi connectivity index (χ0v) is 8.15. The second kappa shape index (κ2) is 5.43. The first kappa shape index (κ1) is 9.86. The molecule has 0 radical (unpaired) electrons. The topological polar surface area (TPSA) is 38.3 Å². The first-order valence-corrected chi connectivity index (χ1v) is 5.36. The number of nitrogens with one attached hydrogen (secondary N) is 1. The molecule has 1 rings (SSSR count). The minimum absolute atomic E-state index is 0.112. The van der Waals surface area contributed by atoms with Crippen molar-refractivity contribution in [3.05, 3.63) is 0 Å². The third-order valence-electron chi connectivity index (χ3n) is 1.93. The molecule has 0 aromatic rings. The monoisotopic (exact) mass is 189 g/mol. The summed E-state index contributed by atoms with van der Waals surface area (Å²) in [6, 6.07) is 0.326. The first-order valence-electron chi connectivity index (χ1n) is 4.21. The molecule has 3 nitrogen and oxygen atoms in total. The summed E-state index contributed by atoms with van der Waals surface area (Å²) >= 11 is 1.94. The van der Waals surface area contributed by atoms with Crippen molar-refractivity contribution in [2.75, 3.05) is 25.2 Å². The lowest BCUT2D eigenvalue weighted by Gasteiger charge is -2.12. The van der Waals surface area contributed by atoms with Gasteiger partial charge in [0.1, 0.15) is 0 Å². The van der Waals surface area contributed by atoms with Crippen molar-refractivity contribution in [2.45, 2.75) is 18.9 Å². The molecule has 0 aromatic heterocycles. The highest BCUT2D eigenvalue weighted by Gasteiger charge is 2.15. The number of carbonyl (C=O) groups excluding carboxylic acids is 1. The van der Waals surface area contributed by atoms with E-state index in [0.29, 0.717) is 12.5 Å². The molecule has 1 atom stereocenters. The normalized spacial score (nSPS) is 24.6. The molecule has 1 fully saturated rings. The van der Waals surface area contributed by atoms with Crippen LogP contribution in [0, 0.1) is 0 Å². The van der Waals surface area contributed by atoms with Crippen LogP contribution < -0.4 is 5.32 Å². The van der Waals surface area contributed by atoms with Crippen LogP contribution in [0.5, 0.6) is 0 Å². The highest BCUT2D eigenvalue weighted by molar-refractivity contribution is 7.99. The molecule has 4 heteroatoms. The molecule has 0 saturated carbocycles. The summed E-state index contributed by atoms with van der Waals surface area (Å²) in [5, 5.41) is 3.33. The van der Waals surface area contributed by atoms with Gasteiger partial charge in [0.05, 0.1) is 13.5 Å². The summed E-state index contributed by atoms with van der Waals surface area (Å²) in [7, 11) is 1.44. The van der Waals surface area contributed by atoms with Crippen LogP contribution >= 0.6 is 11.8 Å². The maximum absolute atomic E-state index is 10.9. The number of hydrogen-bond acceptors (Lipinski definition) is 4. The Labute approximate surface area is 77.2 Å². The number of carbonyl (C=O) groups is 1. The number of hydrogen-bond donors (Lipinski definition) is 1. The Kier molecular flexibility index (Phi) is 4.46. The molecule has 12 heavy (non-hydrogen) atoms. The average molecular weight is 189 g/mol. The zero-order chi connectivity index (χ0) is 8.81. The smallest absolute Gasteiger partial charge is 0.307 e. The fraction of sp³-hybridized carbons (Fsp3) is 0.875. The maximum Gasteiger partial charge on any atom is 0.307 e. The molecule has 0 bridgehead atoms. The zero-order valence-electron chi connectivity index (χ0n) is 7.34. The van der Waals surface area contributed by atoms with Crippen LogP contribution in [0.25, 0.3) is 0 Å². The fourth-order valence-corrected chi connectivity index (χ4v) is 2.14. The van der Waals surface area contributed by atoms with Crippen molar-refractivity contribution < 1.29 is 9.53 Å². The van der Waals surface area contributed by atoms with E-state index in [1.54, 1.807) is 0 Å². The molecular formula is C8H15NO2S. The molecule has 1 heterocycles. The summed E-state index contributed by atoms with van der Waals surface area (Å²) in [5.74, 6) is 2.19. The number of ether oxygens (including phenoxy) is 1. The van der Waals surface area contributed by atoms with Gasteiger partial charge in [-0.15, -0.1) is 0 Å². The van der Waals surface area contributed by atoms with E-state index in [1.165, 1.54) is 7.11 Å². The van der Waals surface area contributed by atoms with Gasteiger partial charge in [-0.3, -0.25) is 4.79 Å². The van der Waals surface area contributed by atoms with E-state index >= 15 is 0 Å². The van der Waals surface area contributed by atoms with Gasteiger partial charge in [-0.1, -0.05) is 0 Å². The number of methoxy groups -OCH3 is 1. The molecule has 0 spiro atoms. The van der Waals surface area contributed by atoms with Gasteiger partial charge in [0.25, 0.3) is 0 Å². The van der Waals surface area contributed by atoms with E-state index in [1.807, 2.05) is 11.8 Å². The molecule has 1 unspecified atom stereocenters. The maximum atomic E-state index is 10.9. The molecule has 0 aliphatic carbocycles. The summed E-state index contributed by atoms with van der Waals surface area (Å²) in [6.07, 6.45) is 1.58. The number of thioether (sulfide) groups is 1. The van der Waals surface area contributed by atoms with Crippen molar-refractivity contribution >= 4 is 17.7 Å². The minimum atomic E-state index is -0.112. The average Bonchev–Trinajstić information content (AvgIpc) is 2.33. The molecular weight excluding hydrogens is 174 g/mol. The van der Waals surface area contributed by atoms with E-state index in [9.17, 15) is 4.79 Å². The van der Waals surface area contributed by atoms with Crippen LogP contribution in [0.2, 0.25) is 0 Å². The highest BCUT2D eigenvalue weighted by atomic mass is 32.2. The van der Waals surface area contributed by atoms with Crippen molar-refractivity contribution in [3.8, 4) is 0 Å². The van der Waals surface area contributed by atoms with Crippen LogP contribution in [-0.2, 0) is 9.53 Å². The van der Waals surface area contributed by atoms with E-state index in [-0.39, 0.29) is 5.97 Å². The van der Waals surface area contributed by atoms with Gasteiger partial charge in [0.15, 0.2) is 0 Å². The molecule has 1 N–H and O–H groups in total. The Bertz CT molecular complexity index is 144. The quantitative estimate of drug-likeness (QED) is 0.647. The molecule has 0 aromatic carbocycles. The van der Waals surface area contributed by atoms with Gasteiger partial charge in [0.2, 0.25) is 0 Å². The molecule has 1 aliphatic heterocycles. The summed E-state index contributed by atoms with van der Waals surface area (Å²) in [6.45, 7) is 1.01. The standard InChI is InChI=1S/C8H15NO2S/c1-11-8(10)6-7-2-4-12-5-3-9-7/h7,9H,2-6H2,1H3. The second-order valence-corrected chi connectivity index (χ2v) is 4.06. The van der Waals surface area contributed by atoms with Gasteiger partial charge in [-0.2, -0.15) is 11.8 Å². The summed E-state index contributed by atoms with van der Waals surface area (Å²) in [4.78, 5) is 10.9. The lowest BCUT2D eigenvalue weighted by Crippen LogP contribution is -2.32. The fourth-order valence-electron chi connectivity index (χ4n) is 1.22. The Balaban J connectivity index is 2.24. The third-order valence-corrected chi connectivity index (χ3v) is 2.95. The van der Waals surface area contributed by atoms with Crippen LogP contribution in [0.3, 0.4) is 0 Å². The number of esters is 1. The highest BCUT2D eigenvalue weighted by Crippen LogP contribution is 2.11. The summed E-state index contributed by atoms with van der Waals surface area (Å²) < 4.78 is 4.61. The largest absolute Gasteiger partial charge is 0.469 e. The van der Waals surface area contributed by atoms with Crippen molar-refractivity contribution in [1.82, 2.24) is 5.32 Å². The van der Waals surface area contributed by atoms with Crippen molar-refractivity contribution in [1.29, 1.82) is 0 Å². The third kappa shape index (κ3) is 3.45. The lowest BCUT2D eigenvalue weighted by atomic mass is 10.1. The van der Waals surface area contributed by atoms with Gasteiger partial charge < -0.3 is 10.1 Å². The van der Waals surface area contributed by atoms with Gasteiger partial charge in [-0.05, 0) is 12.2 Å². The van der Waals surface area contributed by atoms with E-state index in [0.717, 1.165) is 24.5 Å². The predicted octanol–water partition coefficient (Wildman–Crippen LogP) is 0.645. The Hall–Kier alpha value is -0.220. The Morgan fingerprint density at radius 3 is 3.25 bits per heavy atom. The van der Waals surface area contributed by atoms with Crippen LogP contribution in [0.1, 0.15) is 12.8 Å². The Morgan fingerprint density at radius 1 is 1.67 bits per heavy atom. The molecule has 70 valence electrons. The van der Waals surface area contributed by atoms with Gasteiger partial charge >= 0.3 is 5.97 Å². The predicted molar refractivity (Wildman–Crippen MR) is 50.4 cm³/mol. The van der Waals surface area contributed by atoms with Crippen LogP contribution in [0.15, 0.2) is 0 Å². The number of rotatable bonds is 2. The van der Waals surface area contributed by atoms with E-state index in [4.69, 9.17) is 0 Å². The minimum Gasteiger partial charge on any atom is -0.469 e. The first-order chi connectivity index (χ1) is 5.83. The SMILES string of the molecule is COC(=O)CC1CCSCCN1. The van der Waals surface area contributed by atoms with Crippen molar-refractivity contribution in [2.24, 2.45) is 0 Å². The van der Waals surface area contributed by atoms with Gasteiger partial charge in [-0.25, -0.2) is 0 Å². The summed E-state index contributed by atoms with van der Waals surface area (Å²) in [5.41, 5.74) is 0. The molecule has 1 saturated heterocycles. The Morgan fingerprint density at radius 2 is 2.50 bits per heavy atom. The van der Waals surface area contributed by atoms with Crippen LogP contribution in [-0.4, -0.2) is 37.2 Å². The second-order valence-electron chi connectivity index (χ2n) is 2.83. The lowest BCUT2D eigenvalue weighted by molar-refractivity contribution is -0.141. The molecule has 1 aliphatic rings. The van der Waals surface area contributed by atoms with Crippen LogP contribution in [0.4, 0.5) is 0 Å². The van der Waals surface area contributed by atoms with E-state index in [2.05, 4.69) is 10.1 Å². The van der Waals surface area contributed by atoms with E-state index < -0.39 is 0 Å².